The number of nitrogens with one attached hydrogen (secondary N) is 1. The second-order valence-corrected chi connectivity index (χ2v) is 6.39. The van der Waals surface area contributed by atoms with Gasteiger partial charge >= 0.3 is 11.9 Å². The third-order valence-corrected chi connectivity index (χ3v) is 5.28. The van der Waals surface area contributed by atoms with Crippen molar-refractivity contribution in [1.82, 2.24) is 5.32 Å². The first kappa shape index (κ1) is 16.8. The first-order chi connectivity index (χ1) is 10.4. The molecule has 7 heteroatoms. The van der Waals surface area contributed by atoms with Crippen LogP contribution in [0, 0.1) is 0 Å². The van der Waals surface area contributed by atoms with Gasteiger partial charge in [0.2, 0.25) is 0 Å². The van der Waals surface area contributed by atoms with Crippen molar-refractivity contribution < 1.29 is 19.1 Å². The Morgan fingerprint density at radius 1 is 1.09 bits per heavy atom. The number of esters is 2. The molecular weight excluding hydrogens is 370 g/mol. The number of rotatable bonds is 3. The van der Waals surface area contributed by atoms with Crippen LogP contribution in [0.2, 0.25) is 0 Å². The SMILES string of the molecule is COC(=O)C1=C(C)NC(C)=C(C(=O)OC)C1c1cscc1Br. The van der Waals surface area contributed by atoms with Crippen LogP contribution in [0.4, 0.5) is 0 Å². The maximum absolute atomic E-state index is 12.3. The number of ether oxygens (including phenoxy) is 2. The van der Waals surface area contributed by atoms with E-state index in [1.165, 1.54) is 25.6 Å². The topological polar surface area (TPSA) is 64.6 Å². The summed E-state index contributed by atoms with van der Waals surface area (Å²) < 4.78 is 10.6. The highest BCUT2D eigenvalue weighted by atomic mass is 79.9. The molecule has 0 aromatic carbocycles. The van der Waals surface area contributed by atoms with E-state index >= 15 is 0 Å². The number of halogens is 1. The molecule has 1 aromatic rings. The van der Waals surface area contributed by atoms with Crippen molar-refractivity contribution in [1.29, 1.82) is 0 Å². The minimum Gasteiger partial charge on any atom is -0.466 e. The summed E-state index contributed by atoms with van der Waals surface area (Å²) in [4.78, 5) is 24.5. The van der Waals surface area contributed by atoms with E-state index < -0.39 is 17.9 Å². The molecule has 0 amide bonds. The molecule has 0 fully saturated rings. The third-order valence-electron chi connectivity index (χ3n) is 3.52. The molecule has 1 N–H and O–H groups in total. The Hall–Kier alpha value is -1.60. The molecule has 0 atom stereocenters. The van der Waals surface area contributed by atoms with Crippen molar-refractivity contribution in [2.75, 3.05) is 14.2 Å². The molecule has 1 aliphatic heterocycles. The van der Waals surface area contributed by atoms with E-state index in [1.54, 1.807) is 13.8 Å². The van der Waals surface area contributed by atoms with Gasteiger partial charge in [0.05, 0.1) is 31.3 Å². The van der Waals surface area contributed by atoms with Crippen LogP contribution in [0.5, 0.6) is 0 Å². The summed E-state index contributed by atoms with van der Waals surface area (Å²) in [5.41, 5.74) is 2.99. The maximum Gasteiger partial charge on any atom is 0.336 e. The van der Waals surface area contributed by atoms with Crippen LogP contribution in [0.3, 0.4) is 0 Å². The molecule has 0 spiro atoms. The van der Waals surface area contributed by atoms with Gasteiger partial charge in [-0.05, 0) is 40.7 Å². The number of dihydropyridines is 1. The summed E-state index contributed by atoms with van der Waals surface area (Å²) in [6, 6.07) is 0. The summed E-state index contributed by atoms with van der Waals surface area (Å²) in [5, 5.41) is 6.88. The molecule has 1 aliphatic rings. The zero-order valence-electron chi connectivity index (χ0n) is 12.7. The van der Waals surface area contributed by atoms with Gasteiger partial charge in [-0.1, -0.05) is 0 Å². The smallest absolute Gasteiger partial charge is 0.336 e. The number of hydrogen-bond donors (Lipinski definition) is 1. The van der Waals surface area contributed by atoms with E-state index in [0.29, 0.717) is 22.5 Å². The van der Waals surface area contributed by atoms with Crippen molar-refractivity contribution in [2.45, 2.75) is 19.8 Å². The molecule has 5 nitrogen and oxygen atoms in total. The zero-order chi connectivity index (χ0) is 16.4. The molecule has 22 heavy (non-hydrogen) atoms. The lowest BCUT2D eigenvalue weighted by Crippen LogP contribution is -2.32. The molecule has 0 saturated carbocycles. The maximum atomic E-state index is 12.3. The van der Waals surface area contributed by atoms with Crippen LogP contribution >= 0.6 is 27.3 Å². The minimum atomic E-state index is -0.526. The summed E-state index contributed by atoms with van der Waals surface area (Å²) in [6.45, 7) is 3.58. The third kappa shape index (κ3) is 2.83. The van der Waals surface area contributed by atoms with Gasteiger partial charge in [-0.3, -0.25) is 0 Å². The number of carbonyl (C=O) groups is 2. The first-order valence-electron chi connectivity index (χ1n) is 6.49. The Kier molecular flexibility index (Phi) is 5.08. The van der Waals surface area contributed by atoms with E-state index in [1.807, 2.05) is 10.8 Å². The number of methoxy groups -OCH3 is 2. The molecule has 2 rings (SSSR count). The molecule has 0 radical (unpaired) electrons. The highest BCUT2D eigenvalue weighted by Gasteiger charge is 2.38. The lowest BCUT2D eigenvalue weighted by molar-refractivity contribution is -0.137. The fraction of sp³-hybridized carbons (Fsp3) is 0.333. The van der Waals surface area contributed by atoms with Crippen molar-refractivity contribution >= 4 is 39.2 Å². The summed E-state index contributed by atoms with van der Waals surface area (Å²) in [5.74, 6) is -1.47. The lowest BCUT2D eigenvalue weighted by Gasteiger charge is -2.29. The van der Waals surface area contributed by atoms with Crippen molar-refractivity contribution in [3.05, 3.63) is 43.3 Å². The van der Waals surface area contributed by atoms with Crippen LogP contribution in [0.25, 0.3) is 0 Å². The van der Waals surface area contributed by atoms with Crippen LogP contribution < -0.4 is 5.32 Å². The number of carbonyl (C=O) groups excluding carboxylic acids is 2. The summed E-state index contributed by atoms with van der Waals surface area (Å²) in [6.07, 6.45) is 0. The van der Waals surface area contributed by atoms with Gasteiger partial charge in [-0.15, -0.1) is 0 Å². The Morgan fingerprint density at radius 2 is 1.59 bits per heavy atom. The van der Waals surface area contributed by atoms with E-state index in [0.717, 1.165) is 10.0 Å². The monoisotopic (exact) mass is 385 g/mol. The number of thiophene rings is 1. The predicted molar refractivity (Wildman–Crippen MR) is 87.3 cm³/mol. The van der Waals surface area contributed by atoms with Gasteiger partial charge in [-0.2, -0.15) is 11.3 Å². The van der Waals surface area contributed by atoms with Crippen molar-refractivity contribution in [3.8, 4) is 0 Å². The Bertz CT molecular complexity index is 651. The quantitative estimate of drug-likeness (QED) is 0.809. The normalized spacial score (nSPS) is 15.7. The average Bonchev–Trinajstić information content (AvgIpc) is 2.91. The van der Waals surface area contributed by atoms with E-state index in [2.05, 4.69) is 21.2 Å². The van der Waals surface area contributed by atoms with E-state index in [-0.39, 0.29) is 0 Å². The van der Waals surface area contributed by atoms with Gasteiger partial charge in [0.25, 0.3) is 0 Å². The summed E-state index contributed by atoms with van der Waals surface area (Å²) in [7, 11) is 2.65. The van der Waals surface area contributed by atoms with Crippen molar-refractivity contribution in [3.63, 3.8) is 0 Å². The fourth-order valence-electron chi connectivity index (χ4n) is 2.56. The molecule has 0 aliphatic carbocycles. The molecule has 1 aromatic heterocycles. The van der Waals surface area contributed by atoms with Gasteiger partial charge in [-0.25, -0.2) is 9.59 Å². The second-order valence-electron chi connectivity index (χ2n) is 4.79. The van der Waals surface area contributed by atoms with E-state index in [9.17, 15) is 9.59 Å². The largest absolute Gasteiger partial charge is 0.466 e. The molecule has 2 heterocycles. The van der Waals surface area contributed by atoms with Crippen molar-refractivity contribution in [2.24, 2.45) is 0 Å². The van der Waals surface area contributed by atoms with E-state index in [4.69, 9.17) is 9.47 Å². The molecule has 0 saturated heterocycles. The van der Waals surface area contributed by atoms with Crippen LogP contribution in [0.1, 0.15) is 25.3 Å². The van der Waals surface area contributed by atoms with Gasteiger partial charge < -0.3 is 14.8 Å². The summed E-state index contributed by atoms with van der Waals surface area (Å²) >= 11 is 4.97. The fourth-order valence-corrected chi connectivity index (χ4v) is 4.12. The second kappa shape index (κ2) is 6.66. The average molecular weight is 386 g/mol. The highest BCUT2D eigenvalue weighted by Crippen LogP contribution is 2.42. The Balaban J connectivity index is 2.69. The first-order valence-corrected chi connectivity index (χ1v) is 8.22. The van der Waals surface area contributed by atoms with Crippen LogP contribution in [-0.4, -0.2) is 26.2 Å². The molecule has 0 unspecified atom stereocenters. The zero-order valence-corrected chi connectivity index (χ0v) is 15.1. The highest BCUT2D eigenvalue weighted by molar-refractivity contribution is 9.10. The van der Waals surface area contributed by atoms with Crippen LogP contribution in [0.15, 0.2) is 37.8 Å². The van der Waals surface area contributed by atoms with Gasteiger partial charge in [0.1, 0.15) is 0 Å². The number of allylic oxidation sites excluding steroid dienone is 2. The Labute approximate surface area is 141 Å². The minimum absolute atomic E-state index is 0.410. The molecule has 118 valence electrons. The van der Waals surface area contributed by atoms with Gasteiger partial charge in [0, 0.05) is 21.2 Å². The Morgan fingerprint density at radius 3 is 1.95 bits per heavy atom. The number of hydrogen-bond acceptors (Lipinski definition) is 6. The van der Waals surface area contributed by atoms with Crippen LogP contribution in [-0.2, 0) is 19.1 Å². The van der Waals surface area contributed by atoms with Gasteiger partial charge in [0.15, 0.2) is 0 Å². The predicted octanol–water partition coefficient (Wildman–Crippen LogP) is 3.09. The molecule has 0 bridgehead atoms. The standard InChI is InChI=1S/C15H16BrNO4S/c1-7-11(14(18)20-3)13(9-5-22-6-10(9)16)12(8(2)17-7)15(19)21-4/h5-6,13,17H,1-4H3. The molecular formula is C15H16BrNO4S. The lowest BCUT2D eigenvalue weighted by atomic mass is 9.81.